The van der Waals surface area contributed by atoms with E-state index in [0.29, 0.717) is 12.8 Å². The van der Waals surface area contributed by atoms with Gasteiger partial charge >= 0.3 is 0 Å². The molecule has 0 amide bonds. The predicted molar refractivity (Wildman–Crippen MR) is 51.1 cm³/mol. The number of halogens is 1. The van der Waals surface area contributed by atoms with Gasteiger partial charge < -0.3 is 5.11 Å². The highest BCUT2D eigenvalue weighted by atomic mass is 19.1. The standard InChI is InChI=1S/C11H12FNO/c1-8(14)2-3-9-4-5-11(12)10(6-9)7-13/h4-6,8,14H,2-3H2,1H3/t8-/m1/s1. The Balaban J connectivity index is 2.76. The topological polar surface area (TPSA) is 44.0 Å². The molecule has 0 bridgehead atoms. The van der Waals surface area contributed by atoms with Gasteiger partial charge in [-0.25, -0.2) is 4.39 Å². The molecule has 0 fully saturated rings. The highest BCUT2D eigenvalue weighted by Gasteiger charge is 2.03. The van der Waals surface area contributed by atoms with Gasteiger partial charge in [0.15, 0.2) is 0 Å². The summed E-state index contributed by atoms with van der Waals surface area (Å²) < 4.78 is 12.9. The number of rotatable bonds is 3. The molecule has 0 aromatic heterocycles. The van der Waals surface area contributed by atoms with Gasteiger partial charge in [0.1, 0.15) is 11.9 Å². The first-order chi connectivity index (χ1) is 6.63. The van der Waals surface area contributed by atoms with Crippen molar-refractivity contribution in [1.82, 2.24) is 0 Å². The Morgan fingerprint density at radius 1 is 1.57 bits per heavy atom. The maximum Gasteiger partial charge on any atom is 0.140 e. The van der Waals surface area contributed by atoms with Crippen LogP contribution in [-0.4, -0.2) is 11.2 Å². The Hall–Kier alpha value is -1.40. The zero-order valence-electron chi connectivity index (χ0n) is 8.00. The van der Waals surface area contributed by atoms with Gasteiger partial charge in [0.2, 0.25) is 0 Å². The summed E-state index contributed by atoms with van der Waals surface area (Å²) in [6, 6.07) is 6.24. The summed E-state index contributed by atoms with van der Waals surface area (Å²) in [6.07, 6.45) is 0.911. The van der Waals surface area contributed by atoms with E-state index in [1.807, 2.05) is 0 Å². The molecule has 3 heteroatoms. The van der Waals surface area contributed by atoms with Gasteiger partial charge in [-0.2, -0.15) is 5.26 Å². The van der Waals surface area contributed by atoms with Crippen molar-refractivity contribution in [2.45, 2.75) is 25.9 Å². The number of benzene rings is 1. The molecule has 1 aromatic carbocycles. The monoisotopic (exact) mass is 193 g/mol. The third-order valence-electron chi connectivity index (χ3n) is 2.00. The van der Waals surface area contributed by atoms with E-state index in [2.05, 4.69) is 0 Å². The molecule has 0 spiro atoms. The van der Waals surface area contributed by atoms with Crippen molar-refractivity contribution < 1.29 is 9.50 Å². The normalized spacial score (nSPS) is 12.1. The summed E-state index contributed by atoms with van der Waals surface area (Å²) in [5.74, 6) is -0.492. The average molecular weight is 193 g/mol. The molecule has 0 aliphatic heterocycles. The van der Waals surface area contributed by atoms with E-state index >= 15 is 0 Å². The van der Waals surface area contributed by atoms with Crippen molar-refractivity contribution in [3.63, 3.8) is 0 Å². The van der Waals surface area contributed by atoms with Crippen LogP contribution in [0.25, 0.3) is 0 Å². The summed E-state index contributed by atoms with van der Waals surface area (Å²) in [5, 5.41) is 17.6. The van der Waals surface area contributed by atoms with E-state index < -0.39 is 5.82 Å². The SMILES string of the molecule is C[C@@H](O)CCc1ccc(F)c(C#N)c1. The molecule has 2 nitrogen and oxygen atoms in total. The Bertz CT molecular complexity index is 355. The molecule has 0 heterocycles. The molecule has 0 radical (unpaired) electrons. The maximum absolute atomic E-state index is 12.9. The zero-order valence-corrected chi connectivity index (χ0v) is 8.00. The summed E-state index contributed by atoms with van der Waals surface area (Å²) in [7, 11) is 0. The van der Waals surface area contributed by atoms with Crippen LogP contribution in [0.15, 0.2) is 18.2 Å². The molecule has 14 heavy (non-hydrogen) atoms. The van der Waals surface area contributed by atoms with Gasteiger partial charge in [0.25, 0.3) is 0 Å². The van der Waals surface area contributed by atoms with Crippen LogP contribution >= 0.6 is 0 Å². The quantitative estimate of drug-likeness (QED) is 0.798. The first kappa shape index (κ1) is 10.7. The molecule has 1 N–H and O–H groups in total. The first-order valence-corrected chi connectivity index (χ1v) is 4.50. The highest BCUT2D eigenvalue weighted by molar-refractivity contribution is 5.34. The van der Waals surface area contributed by atoms with Gasteiger partial charge in [-0.15, -0.1) is 0 Å². The first-order valence-electron chi connectivity index (χ1n) is 4.50. The minimum absolute atomic E-state index is 0.0630. The van der Waals surface area contributed by atoms with Gasteiger partial charge in [0.05, 0.1) is 11.7 Å². The number of nitrogens with zero attached hydrogens (tertiary/aromatic N) is 1. The summed E-state index contributed by atoms with van der Waals surface area (Å²) in [5.41, 5.74) is 0.942. The lowest BCUT2D eigenvalue weighted by Crippen LogP contribution is -2.01. The Labute approximate surface area is 82.6 Å². The second kappa shape index (κ2) is 4.73. The molecule has 1 atom stereocenters. The summed E-state index contributed by atoms with van der Waals surface area (Å²) >= 11 is 0. The second-order valence-corrected chi connectivity index (χ2v) is 3.31. The van der Waals surface area contributed by atoms with Crippen molar-refractivity contribution in [2.24, 2.45) is 0 Å². The Kier molecular flexibility index (Phi) is 3.61. The van der Waals surface area contributed by atoms with Crippen LogP contribution in [0.3, 0.4) is 0 Å². The highest BCUT2D eigenvalue weighted by Crippen LogP contribution is 2.11. The van der Waals surface area contributed by atoms with E-state index in [1.165, 1.54) is 12.1 Å². The lowest BCUT2D eigenvalue weighted by atomic mass is 10.0. The molecule has 0 aliphatic carbocycles. The fourth-order valence-electron chi connectivity index (χ4n) is 1.19. The van der Waals surface area contributed by atoms with Crippen LogP contribution in [0, 0.1) is 17.1 Å². The van der Waals surface area contributed by atoms with Crippen LogP contribution in [0.1, 0.15) is 24.5 Å². The third-order valence-corrected chi connectivity index (χ3v) is 2.00. The zero-order chi connectivity index (χ0) is 10.6. The molecule has 0 unspecified atom stereocenters. The molecule has 74 valence electrons. The van der Waals surface area contributed by atoms with E-state index in [0.717, 1.165) is 5.56 Å². The van der Waals surface area contributed by atoms with Crippen LogP contribution in [0.5, 0.6) is 0 Å². The van der Waals surface area contributed by atoms with E-state index in [4.69, 9.17) is 10.4 Å². The summed E-state index contributed by atoms with van der Waals surface area (Å²) in [4.78, 5) is 0. The number of nitriles is 1. The maximum atomic E-state index is 12.9. The smallest absolute Gasteiger partial charge is 0.140 e. The minimum atomic E-state index is -0.492. The average Bonchev–Trinajstić information content (AvgIpc) is 2.16. The minimum Gasteiger partial charge on any atom is -0.393 e. The van der Waals surface area contributed by atoms with Gasteiger partial charge in [0, 0.05) is 0 Å². The Morgan fingerprint density at radius 2 is 2.29 bits per heavy atom. The van der Waals surface area contributed by atoms with Gasteiger partial charge in [-0.05, 0) is 37.5 Å². The molecule has 0 saturated heterocycles. The number of hydrogen-bond donors (Lipinski definition) is 1. The predicted octanol–water partition coefficient (Wildman–Crippen LogP) is 2.01. The molecule has 1 rings (SSSR count). The number of hydrogen-bond acceptors (Lipinski definition) is 2. The lowest BCUT2D eigenvalue weighted by Gasteiger charge is -2.04. The number of aryl methyl sites for hydroxylation is 1. The van der Waals surface area contributed by atoms with Crippen molar-refractivity contribution in [3.8, 4) is 6.07 Å². The molecule has 1 aromatic rings. The number of aliphatic hydroxyl groups excluding tert-OH is 1. The molecule has 0 saturated carbocycles. The fraction of sp³-hybridized carbons (Fsp3) is 0.364. The van der Waals surface area contributed by atoms with Crippen LogP contribution < -0.4 is 0 Å². The van der Waals surface area contributed by atoms with Crippen LogP contribution in [-0.2, 0) is 6.42 Å². The molecular weight excluding hydrogens is 181 g/mol. The van der Waals surface area contributed by atoms with Crippen LogP contribution in [0.4, 0.5) is 4.39 Å². The van der Waals surface area contributed by atoms with E-state index in [1.54, 1.807) is 19.1 Å². The van der Waals surface area contributed by atoms with Crippen molar-refractivity contribution in [1.29, 1.82) is 5.26 Å². The van der Waals surface area contributed by atoms with Gasteiger partial charge in [-0.1, -0.05) is 6.07 Å². The van der Waals surface area contributed by atoms with Crippen molar-refractivity contribution >= 4 is 0 Å². The third kappa shape index (κ3) is 2.82. The largest absolute Gasteiger partial charge is 0.393 e. The fourth-order valence-corrected chi connectivity index (χ4v) is 1.19. The lowest BCUT2D eigenvalue weighted by molar-refractivity contribution is 0.185. The summed E-state index contributed by atoms with van der Waals surface area (Å²) in [6.45, 7) is 1.70. The Morgan fingerprint density at radius 3 is 2.86 bits per heavy atom. The second-order valence-electron chi connectivity index (χ2n) is 3.31. The molecule has 0 aliphatic rings. The van der Waals surface area contributed by atoms with E-state index in [9.17, 15) is 4.39 Å². The van der Waals surface area contributed by atoms with Crippen molar-refractivity contribution in [2.75, 3.05) is 0 Å². The number of aliphatic hydroxyl groups is 1. The van der Waals surface area contributed by atoms with Crippen LogP contribution in [0.2, 0.25) is 0 Å². The van der Waals surface area contributed by atoms with Gasteiger partial charge in [-0.3, -0.25) is 0 Å². The molecular formula is C11H12FNO. The van der Waals surface area contributed by atoms with E-state index in [-0.39, 0.29) is 11.7 Å². The van der Waals surface area contributed by atoms with Crippen molar-refractivity contribution in [3.05, 3.63) is 35.1 Å².